The number of carbonyl (C=O) groups is 1. The van der Waals surface area contributed by atoms with E-state index in [1.54, 1.807) is 0 Å². The summed E-state index contributed by atoms with van der Waals surface area (Å²) in [5, 5.41) is 2.33. The van der Waals surface area contributed by atoms with Crippen molar-refractivity contribution in [3.05, 3.63) is 29.6 Å². The highest BCUT2D eigenvalue weighted by Gasteiger charge is 2.32. The first-order valence-electron chi connectivity index (χ1n) is 5.33. The van der Waals surface area contributed by atoms with Gasteiger partial charge in [0.2, 0.25) is 0 Å². The molecule has 9 heteroatoms. The fraction of sp³-hybridized carbons (Fsp3) is 0.364. The highest BCUT2D eigenvalue weighted by molar-refractivity contribution is 5.85. The number of hydrogen-bond acceptors (Lipinski definition) is 3. The van der Waals surface area contributed by atoms with Gasteiger partial charge >= 0.3 is 12.5 Å². The topological polar surface area (TPSA) is 47.6 Å². The van der Waals surface area contributed by atoms with Crippen molar-refractivity contribution in [1.82, 2.24) is 5.32 Å². The number of benzene rings is 1. The van der Waals surface area contributed by atoms with E-state index >= 15 is 0 Å². The van der Waals surface area contributed by atoms with E-state index in [4.69, 9.17) is 0 Å². The highest BCUT2D eigenvalue weighted by Crippen LogP contribution is 2.29. The molecule has 1 amide bonds. The van der Waals surface area contributed by atoms with Gasteiger partial charge in [-0.15, -0.1) is 25.6 Å². The Balaban J connectivity index is 0.00000200. The van der Waals surface area contributed by atoms with Crippen molar-refractivity contribution in [2.75, 3.05) is 6.61 Å². The molecule has 1 saturated heterocycles. The average molecular weight is 316 g/mol. The van der Waals surface area contributed by atoms with Crippen molar-refractivity contribution < 1.29 is 31.8 Å². The summed E-state index contributed by atoms with van der Waals surface area (Å²) in [6.45, 7) is 0.0697. The highest BCUT2D eigenvalue weighted by atomic mass is 35.5. The van der Waals surface area contributed by atoms with E-state index in [2.05, 4.69) is 14.8 Å². The predicted octanol–water partition coefficient (Wildman–Crippen LogP) is 3.32. The van der Waals surface area contributed by atoms with Gasteiger partial charge < -0.3 is 14.8 Å². The maximum atomic E-state index is 13.6. The average Bonchev–Trinajstić information content (AvgIpc) is 2.30. The number of alkyl halides is 3. The first-order chi connectivity index (χ1) is 8.85. The molecule has 20 heavy (non-hydrogen) atoms. The Hall–Kier alpha value is -1.70. The molecule has 1 N–H and O–H groups in total. The van der Waals surface area contributed by atoms with Gasteiger partial charge in [0.25, 0.3) is 0 Å². The van der Waals surface area contributed by atoms with Crippen LogP contribution in [0.25, 0.3) is 0 Å². The quantitative estimate of drug-likeness (QED) is 0.852. The van der Waals surface area contributed by atoms with Gasteiger partial charge in [-0.1, -0.05) is 0 Å². The van der Waals surface area contributed by atoms with Crippen LogP contribution in [0.15, 0.2) is 18.2 Å². The molecule has 1 aliphatic heterocycles. The van der Waals surface area contributed by atoms with E-state index in [1.807, 2.05) is 0 Å². The summed E-state index contributed by atoms with van der Waals surface area (Å²) in [5.41, 5.74) is -0.0709. The SMILES string of the molecule is Cl.O=C1N[C@H](c2cc(OC(F)(F)F)ccc2F)CCO1. The molecule has 1 fully saturated rings. The summed E-state index contributed by atoms with van der Waals surface area (Å²) in [6, 6.07) is 1.91. The molecule has 0 aliphatic carbocycles. The van der Waals surface area contributed by atoms with E-state index in [1.165, 1.54) is 0 Å². The Morgan fingerprint density at radius 1 is 1.35 bits per heavy atom. The molecule has 1 aromatic carbocycles. The third kappa shape index (κ3) is 4.16. The Bertz CT molecular complexity index is 495. The molecular weight excluding hydrogens is 306 g/mol. The summed E-state index contributed by atoms with van der Waals surface area (Å²) in [7, 11) is 0. The van der Waals surface area contributed by atoms with Crippen LogP contribution in [-0.2, 0) is 4.74 Å². The molecule has 1 heterocycles. The Labute approximate surface area is 117 Å². The molecule has 4 nitrogen and oxygen atoms in total. The van der Waals surface area contributed by atoms with Crippen LogP contribution in [0, 0.1) is 5.82 Å². The molecule has 1 atom stereocenters. The van der Waals surface area contributed by atoms with Gasteiger partial charge in [-0.2, -0.15) is 0 Å². The largest absolute Gasteiger partial charge is 0.573 e. The predicted molar refractivity (Wildman–Crippen MR) is 62.2 cm³/mol. The summed E-state index contributed by atoms with van der Waals surface area (Å²) in [5.74, 6) is -1.26. The van der Waals surface area contributed by atoms with Gasteiger partial charge in [-0.3, -0.25) is 0 Å². The van der Waals surface area contributed by atoms with Crippen molar-refractivity contribution in [1.29, 1.82) is 0 Å². The number of carbonyl (C=O) groups excluding carboxylic acids is 1. The minimum atomic E-state index is -4.85. The lowest BCUT2D eigenvalue weighted by molar-refractivity contribution is -0.274. The van der Waals surface area contributed by atoms with Crippen LogP contribution in [0.2, 0.25) is 0 Å². The van der Waals surface area contributed by atoms with Crippen molar-refractivity contribution in [2.45, 2.75) is 18.8 Å². The number of nitrogens with one attached hydrogen (secondary N) is 1. The number of cyclic esters (lactones) is 1. The van der Waals surface area contributed by atoms with Crippen LogP contribution in [0.3, 0.4) is 0 Å². The van der Waals surface area contributed by atoms with E-state index < -0.39 is 30.1 Å². The van der Waals surface area contributed by atoms with Crippen molar-refractivity contribution >= 4 is 18.5 Å². The standard InChI is InChI=1S/C11H9F4NO3.ClH/c12-8-2-1-6(19-11(13,14)15)5-7(8)9-3-4-18-10(17)16-9;/h1-2,5,9H,3-4H2,(H,16,17);1H/t9-;/m0./s1. The van der Waals surface area contributed by atoms with Crippen LogP contribution in [0.4, 0.5) is 22.4 Å². The Morgan fingerprint density at radius 3 is 2.65 bits per heavy atom. The van der Waals surface area contributed by atoms with Crippen molar-refractivity contribution in [2.24, 2.45) is 0 Å². The van der Waals surface area contributed by atoms with Crippen LogP contribution in [0.1, 0.15) is 18.0 Å². The molecule has 0 spiro atoms. The monoisotopic (exact) mass is 315 g/mol. The van der Waals surface area contributed by atoms with E-state index in [0.717, 1.165) is 18.2 Å². The second-order valence-electron chi connectivity index (χ2n) is 3.85. The number of ether oxygens (including phenoxy) is 2. The van der Waals surface area contributed by atoms with E-state index in [-0.39, 0.29) is 31.0 Å². The minimum Gasteiger partial charge on any atom is -0.449 e. The fourth-order valence-corrected chi connectivity index (χ4v) is 1.74. The molecule has 0 saturated carbocycles. The number of hydrogen-bond donors (Lipinski definition) is 1. The lowest BCUT2D eigenvalue weighted by Crippen LogP contribution is -2.35. The van der Waals surface area contributed by atoms with E-state index in [9.17, 15) is 22.4 Å². The maximum Gasteiger partial charge on any atom is 0.573 e. The molecular formula is C11H10ClF4NO3. The summed E-state index contributed by atoms with van der Waals surface area (Å²) in [4.78, 5) is 11.0. The Morgan fingerprint density at radius 2 is 2.05 bits per heavy atom. The molecule has 1 aromatic rings. The van der Waals surface area contributed by atoms with Gasteiger partial charge in [0, 0.05) is 12.0 Å². The zero-order valence-corrected chi connectivity index (χ0v) is 10.7. The molecule has 0 radical (unpaired) electrons. The van der Waals surface area contributed by atoms with Crippen LogP contribution < -0.4 is 10.1 Å². The molecule has 1 aliphatic rings. The summed E-state index contributed by atoms with van der Waals surface area (Å²) >= 11 is 0. The lowest BCUT2D eigenvalue weighted by atomic mass is 10.0. The van der Waals surface area contributed by atoms with Crippen molar-refractivity contribution in [3.63, 3.8) is 0 Å². The van der Waals surface area contributed by atoms with Gasteiger partial charge in [0.15, 0.2) is 0 Å². The summed E-state index contributed by atoms with van der Waals surface area (Å²) < 4.78 is 58.1. The maximum absolute atomic E-state index is 13.6. The molecule has 0 bridgehead atoms. The van der Waals surface area contributed by atoms with Gasteiger partial charge in [0.1, 0.15) is 11.6 Å². The second kappa shape index (κ2) is 6.17. The lowest BCUT2D eigenvalue weighted by Gasteiger charge is -2.24. The van der Waals surface area contributed by atoms with Crippen LogP contribution in [0.5, 0.6) is 5.75 Å². The second-order valence-corrected chi connectivity index (χ2v) is 3.85. The zero-order valence-electron chi connectivity index (χ0n) is 9.87. The third-order valence-corrected chi connectivity index (χ3v) is 2.51. The van der Waals surface area contributed by atoms with Gasteiger partial charge in [0.05, 0.1) is 12.6 Å². The number of halogens is 5. The number of amides is 1. The van der Waals surface area contributed by atoms with Crippen LogP contribution >= 0.6 is 12.4 Å². The molecule has 0 unspecified atom stereocenters. The third-order valence-electron chi connectivity index (χ3n) is 2.51. The first-order valence-corrected chi connectivity index (χ1v) is 5.33. The minimum absolute atomic E-state index is 0. The number of alkyl carbamates (subject to hydrolysis) is 1. The smallest absolute Gasteiger partial charge is 0.449 e. The molecule has 0 aromatic heterocycles. The fourth-order valence-electron chi connectivity index (χ4n) is 1.74. The zero-order chi connectivity index (χ0) is 14.0. The Kier molecular flexibility index (Phi) is 5.04. The molecule has 2 rings (SSSR count). The van der Waals surface area contributed by atoms with Crippen molar-refractivity contribution in [3.8, 4) is 5.75 Å². The summed E-state index contributed by atoms with van der Waals surface area (Å²) in [6.07, 6.45) is -5.33. The van der Waals surface area contributed by atoms with Gasteiger partial charge in [-0.05, 0) is 18.2 Å². The first kappa shape index (κ1) is 16.4. The normalized spacial score (nSPS) is 18.6. The van der Waals surface area contributed by atoms with E-state index in [0.29, 0.717) is 0 Å². The molecule has 112 valence electrons. The van der Waals surface area contributed by atoms with Gasteiger partial charge in [-0.25, -0.2) is 9.18 Å². The van der Waals surface area contributed by atoms with Crippen LogP contribution in [-0.4, -0.2) is 19.1 Å². The number of rotatable bonds is 2.